The molecule has 1 N–H and O–H groups in total. The second-order valence-corrected chi connectivity index (χ2v) is 10.7. The summed E-state index contributed by atoms with van der Waals surface area (Å²) in [5.74, 6) is -2.91. The van der Waals surface area contributed by atoms with E-state index in [4.69, 9.17) is 4.74 Å². The van der Waals surface area contributed by atoms with Crippen LogP contribution in [0.5, 0.6) is 0 Å². The van der Waals surface area contributed by atoms with Gasteiger partial charge in [0.1, 0.15) is 0 Å². The normalized spacial score (nSPS) is 18.1. The molecule has 0 radical (unpaired) electrons. The maximum Gasteiger partial charge on any atom is 0.338 e. The SMILES string of the molecule is CC1=CC[C@@H]2C(=O)N(c3ccccc3C(=O)Nc3ccc(C(=O)OCC(=O)c4ccc(Br)cc4)cc3)C(=O)[C@H]2C1. The van der Waals surface area contributed by atoms with Crippen LogP contribution in [0.25, 0.3) is 0 Å². The lowest BCUT2D eigenvalue weighted by molar-refractivity contribution is -0.122. The number of Topliss-reactive ketones (excluding diaryl/α,β-unsaturated/α-hetero) is 1. The molecule has 0 spiro atoms. The number of hydrogen-bond acceptors (Lipinski definition) is 6. The Morgan fingerprint density at radius 3 is 2.27 bits per heavy atom. The molecule has 9 heteroatoms. The number of allylic oxidation sites excluding steroid dienone is 2. The Morgan fingerprint density at radius 2 is 1.55 bits per heavy atom. The Labute approximate surface area is 239 Å². The molecule has 202 valence electrons. The van der Waals surface area contributed by atoms with Gasteiger partial charge in [0, 0.05) is 15.7 Å². The molecule has 0 aromatic heterocycles. The Bertz CT molecular complexity index is 1540. The second-order valence-electron chi connectivity index (χ2n) is 9.77. The van der Waals surface area contributed by atoms with E-state index >= 15 is 0 Å². The molecule has 2 atom stereocenters. The van der Waals surface area contributed by atoms with Crippen LogP contribution in [0, 0.1) is 11.8 Å². The van der Waals surface area contributed by atoms with E-state index in [0.717, 1.165) is 14.9 Å². The van der Waals surface area contributed by atoms with E-state index in [0.29, 0.717) is 24.1 Å². The summed E-state index contributed by atoms with van der Waals surface area (Å²) >= 11 is 3.30. The summed E-state index contributed by atoms with van der Waals surface area (Å²) < 4.78 is 5.98. The molecule has 0 bridgehead atoms. The molecule has 0 saturated carbocycles. The predicted octanol–water partition coefficient (Wildman–Crippen LogP) is 5.59. The Balaban J connectivity index is 1.24. The van der Waals surface area contributed by atoms with Gasteiger partial charge in [0.15, 0.2) is 12.4 Å². The van der Waals surface area contributed by atoms with E-state index in [-0.39, 0.29) is 34.4 Å². The van der Waals surface area contributed by atoms with Crippen molar-refractivity contribution in [1.82, 2.24) is 0 Å². The highest BCUT2D eigenvalue weighted by atomic mass is 79.9. The highest BCUT2D eigenvalue weighted by Gasteiger charge is 2.49. The van der Waals surface area contributed by atoms with Gasteiger partial charge in [0.2, 0.25) is 11.8 Å². The van der Waals surface area contributed by atoms with Crippen LogP contribution < -0.4 is 10.2 Å². The van der Waals surface area contributed by atoms with Gasteiger partial charge in [-0.2, -0.15) is 0 Å². The number of esters is 1. The van der Waals surface area contributed by atoms with Crippen molar-refractivity contribution in [1.29, 1.82) is 0 Å². The minimum Gasteiger partial charge on any atom is -0.454 e. The van der Waals surface area contributed by atoms with Gasteiger partial charge in [-0.3, -0.25) is 19.2 Å². The number of carbonyl (C=O) groups is 5. The number of imide groups is 1. The molecule has 1 aliphatic heterocycles. The van der Waals surface area contributed by atoms with Gasteiger partial charge in [0.05, 0.1) is 28.7 Å². The highest BCUT2D eigenvalue weighted by Crippen LogP contribution is 2.40. The van der Waals surface area contributed by atoms with E-state index in [9.17, 15) is 24.0 Å². The van der Waals surface area contributed by atoms with Crippen molar-refractivity contribution in [3.8, 4) is 0 Å². The number of benzene rings is 3. The number of carbonyl (C=O) groups excluding carboxylic acids is 5. The number of amides is 3. The molecule has 40 heavy (non-hydrogen) atoms. The molecule has 5 rings (SSSR count). The molecule has 3 aromatic carbocycles. The number of halogens is 1. The van der Waals surface area contributed by atoms with E-state index in [1.165, 1.54) is 24.3 Å². The van der Waals surface area contributed by atoms with Crippen LogP contribution >= 0.6 is 15.9 Å². The number of anilines is 2. The molecule has 2 aliphatic rings. The van der Waals surface area contributed by atoms with Crippen molar-refractivity contribution in [2.45, 2.75) is 19.8 Å². The Hall–Kier alpha value is -4.37. The van der Waals surface area contributed by atoms with Gasteiger partial charge < -0.3 is 10.1 Å². The smallest absolute Gasteiger partial charge is 0.338 e. The fourth-order valence-electron chi connectivity index (χ4n) is 4.96. The quantitative estimate of drug-likeness (QED) is 0.164. The number of ketones is 1. The number of hydrogen-bond donors (Lipinski definition) is 1. The van der Waals surface area contributed by atoms with Gasteiger partial charge in [0.25, 0.3) is 5.91 Å². The summed E-state index contributed by atoms with van der Waals surface area (Å²) in [6.07, 6.45) is 3.04. The largest absolute Gasteiger partial charge is 0.454 e. The van der Waals surface area contributed by atoms with Crippen LogP contribution in [0.2, 0.25) is 0 Å². The van der Waals surface area contributed by atoms with Crippen LogP contribution in [0.3, 0.4) is 0 Å². The van der Waals surface area contributed by atoms with Crippen molar-refractivity contribution in [3.63, 3.8) is 0 Å². The van der Waals surface area contributed by atoms with Gasteiger partial charge >= 0.3 is 5.97 Å². The minimum atomic E-state index is -0.675. The third-order valence-corrected chi connectivity index (χ3v) is 7.62. The maximum atomic E-state index is 13.2. The number of nitrogens with one attached hydrogen (secondary N) is 1. The number of fused-ring (bicyclic) bond motifs is 1. The maximum absolute atomic E-state index is 13.2. The van der Waals surface area contributed by atoms with Gasteiger partial charge in [-0.15, -0.1) is 0 Å². The first-order chi connectivity index (χ1) is 19.2. The van der Waals surface area contributed by atoms with Gasteiger partial charge in [-0.1, -0.05) is 51.8 Å². The Kier molecular flexibility index (Phi) is 7.75. The lowest BCUT2D eigenvalue weighted by Crippen LogP contribution is -2.33. The molecule has 1 heterocycles. The fourth-order valence-corrected chi connectivity index (χ4v) is 5.22. The van der Waals surface area contributed by atoms with Crippen molar-refractivity contribution < 1.29 is 28.7 Å². The van der Waals surface area contributed by atoms with Crippen LogP contribution in [0.15, 0.2) is 88.9 Å². The summed E-state index contributed by atoms with van der Waals surface area (Å²) in [6.45, 7) is 1.55. The van der Waals surface area contributed by atoms with Crippen molar-refractivity contribution >= 4 is 56.8 Å². The van der Waals surface area contributed by atoms with E-state index < -0.39 is 30.3 Å². The molecule has 3 aromatic rings. The van der Waals surface area contributed by atoms with Gasteiger partial charge in [-0.25, -0.2) is 9.69 Å². The standard InChI is InChI=1S/C31H25BrN2O6/c1-18-6-15-23-25(16-18)30(38)34(29(23)37)26-5-3-2-4-24(26)28(36)33-22-13-9-20(10-14-22)31(39)40-17-27(35)19-7-11-21(32)12-8-19/h2-14,23,25H,15-17H2,1H3,(H,33,36)/t23-,25-/m0/s1. The first kappa shape index (κ1) is 27.2. The average Bonchev–Trinajstić information content (AvgIpc) is 3.20. The summed E-state index contributed by atoms with van der Waals surface area (Å²) in [6, 6.07) is 19.2. The Morgan fingerprint density at radius 1 is 0.900 bits per heavy atom. The van der Waals surface area contributed by atoms with Crippen molar-refractivity contribution in [2.75, 3.05) is 16.8 Å². The third-order valence-electron chi connectivity index (χ3n) is 7.09. The van der Waals surface area contributed by atoms with Crippen LogP contribution in [0.1, 0.15) is 50.8 Å². The second kappa shape index (κ2) is 11.4. The van der Waals surface area contributed by atoms with Crippen LogP contribution in [0.4, 0.5) is 11.4 Å². The van der Waals surface area contributed by atoms with Crippen LogP contribution in [-0.2, 0) is 14.3 Å². The average molecular weight is 601 g/mol. The molecule has 3 amide bonds. The van der Waals surface area contributed by atoms with Crippen molar-refractivity contribution in [3.05, 3.63) is 106 Å². The third kappa shape index (κ3) is 5.51. The zero-order chi connectivity index (χ0) is 28.4. The summed E-state index contributed by atoms with van der Waals surface area (Å²) in [4.78, 5) is 65.4. The first-order valence-electron chi connectivity index (χ1n) is 12.7. The number of para-hydroxylation sites is 1. The molecular formula is C31H25BrN2O6. The van der Waals surface area contributed by atoms with Crippen LogP contribution in [-0.4, -0.2) is 36.1 Å². The molecule has 1 aliphatic carbocycles. The summed E-state index contributed by atoms with van der Waals surface area (Å²) in [7, 11) is 0. The molecule has 0 unspecified atom stereocenters. The summed E-state index contributed by atoms with van der Waals surface area (Å²) in [5.41, 5.74) is 2.55. The minimum absolute atomic E-state index is 0.183. The van der Waals surface area contributed by atoms with E-state index in [1.807, 2.05) is 13.0 Å². The van der Waals surface area contributed by atoms with E-state index in [1.54, 1.807) is 48.5 Å². The lowest BCUT2D eigenvalue weighted by atomic mass is 9.82. The highest BCUT2D eigenvalue weighted by molar-refractivity contribution is 9.10. The predicted molar refractivity (Wildman–Crippen MR) is 152 cm³/mol. The first-order valence-corrected chi connectivity index (χ1v) is 13.5. The number of ether oxygens (including phenoxy) is 1. The molecular weight excluding hydrogens is 576 g/mol. The van der Waals surface area contributed by atoms with Crippen molar-refractivity contribution in [2.24, 2.45) is 11.8 Å². The van der Waals surface area contributed by atoms with E-state index in [2.05, 4.69) is 21.2 Å². The zero-order valence-electron chi connectivity index (χ0n) is 21.6. The lowest BCUT2D eigenvalue weighted by Gasteiger charge is -2.19. The number of nitrogens with zero attached hydrogens (tertiary/aromatic N) is 1. The van der Waals surface area contributed by atoms with Gasteiger partial charge in [-0.05, 0) is 68.3 Å². The molecule has 8 nitrogen and oxygen atoms in total. The monoisotopic (exact) mass is 600 g/mol. The topological polar surface area (TPSA) is 110 Å². The number of rotatable bonds is 7. The fraction of sp³-hybridized carbons (Fsp3) is 0.194. The zero-order valence-corrected chi connectivity index (χ0v) is 23.1. The molecule has 1 fully saturated rings. The molecule has 1 saturated heterocycles. The summed E-state index contributed by atoms with van der Waals surface area (Å²) in [5, 5.41) is 2.76.